The van der Waals surface area contributed by atoms with Crippen molar-refractivity contribution in [2.45, 2.75) is 77.4 Å². The molecule has 0 aromatic carbocycles. The van der Waals surface area contributed by atoms with Gasteiger partial charge in [0.05, 0.1) is 12.1 Å². The molecule has 0 aliphatic carbocycles. The van der Waals surface area contributed by atoms with Crippen LogP contribution in [0.5, 0.6) is 0 Å². The zero-order valence-corrected chi connectivity index (χ0v) is 23.0. The lowest BCUT2D eigenvalue weighted by Crippen LogP contribution is -2.59. The maximum absolute atomic E-state index is 11.8. The second-order valence-corrected chi connectivity index (χ2v) is 24.2. The largest absolute Gasteiger partial charge is 0.462 e. The van der Waals surface area contributed by atoms with Gasteiger partial charge in [-0.15, -0.1) is 0 Å². The zero-order valence-electron chi connectivity index (χ0n) is 18.0. The van der Waals surface area contributed by atoms with Crippen LogP contribution in [0.4, 0.5) is 0 Å². The third kappa shape index (κ3) is 10.6. The molecule has 1 unspecified atom stereocenters. The van der Waals surface area contributed by atoms with Gasteiger partial charge in [-0.3, -0.25) is 0 Å². The van der Waals surface area contributed by atoms with E-state index in [1.54, 1.807) is 6.92 Å². The fraction of sp³-hybridized carbons (Fsp3) is 0.812. The molecule has 0 aliphatic rings. The van der Waals surface area contributed by atoms with Crippen LogP contribution in [0.15, 0.2) is 12.2 Å². The van der Waals surface area contributed by atoms with Gasteiger partial charge in [0.2, 0.25) is 0 Å². The van der Waals surface area contributed by atoms with Crippen LogP contribution in [0.1, 0.15) is 6.92 Å². The monoisotopic (exact) mass is 422 g/mol. The molecule has 0 N–H and O–H groups in total. The maximum Gasteiger partial charge on any atom is 0.333 e. The van der Waals surface area contributed by atoms with Gasteiger partial charge in [0.1, 0.15) is 0 Å². The molecule has 0 radical (unpaired) electrons. The van der Waals surface area contributed by atoms with E-state index in [0.717, 1.165) is 0 Å². The quantitative estimate of drug-likeness (QED) is 0.233. The van der Waals surface area contributed by atoms with E-state index >= 15 is 0 Å². The molecule has 0 rings (SSSR count). The molecule has 9 heteroatoms. The molecule has 0 saturated carbocycles. The summed E-state index contributed by atoms with van der Waals surface area (Å²) < 4.78 is 25.0. The van der Waals surface area contributed by atoms with Crippen LogP contribution in [-0.2, 0) is 22.8 Å². The molecule has 0 bridgehead atoms. The first-order valence-electron chi connectivity index (χ1n) is 8.80. The number of esters is 1. The third-order valence-electron chi connectivity index (χ3n) is 2.76. The predicted octanol–water partition coefficient (Wildman–Crippen LogP) is 3.47. The lowest BCUT2D eigenvalue weighted by Gasteiger charge is -2.48. The van der Waals surface area contributed by atoms with Crippen LogP contribution in [-0.4, -0.2) is 53.7 Å². The van der Waals surface area contributed by atoms with E-state index in [2.05, 4.69) is 65.5 Å². The fourth-order valence-corrected chi connectivity index (χ4v) is 6.96. The SMILES string of the molecule is C=C(C)C(=O)OCC([SiH3])C(O[Si](C)(C)C)(O[Si](C)(C)C)O[Si](C)(C)C. The molecule has 0 saturated heterocycles. The Balaban J connectivity index is 5.77. The maximum atomic E-state index is 11.8. The highest BCUT2D eigenvalue weighted by Crippen LogP contribution is 2.37. The van der Waals surface area contributed by atoms with Gasteiger partial charge in [-0.25, -0.2) is 4.79 Å². The van der Waals surface area contributed by atoms with Crippen molar-refractivity contribution in [2.75, 3.05) is 6.61 Å². The van der Waals surface area contributed by atoms with Crippen LogP contribution in [0.2, 0.25) is 64.5 Å². The first-order valence-corrected chi connectivity index (χ1v) is 20.2. The van der Waals surface area contributed by atoms with Gasteiger partial charge in [0.25, 0.3) is 5.97 Å². The molecular formula is C16H38O5Si4. The highest BCUT2D eigenvalue weighted by molar-refractivity contribution is 6.72. The molecular weight excluding hydrogens is 385 g/mol. The molecule has 0 aromatic heterocycles. The molecule has 25 heavy (non-hydrogen) atoms. The number of carbonyl (C=O) groups is 1. The van der Waals surface area contributed by atoms with Crippen molar-refractivity contribution in [1.82, 2.24) is 0 Å². The summed E-state index contributed by atoms with van der Waals surface area (Å²) in [5.74, 6) is -1.51. The van der Waals surface area contributed by atoms with Crippen LogP contribution < -0.4 is 0 Å². The van der Waals surface area contributed by atoms with Gasteiger partial charge in [0.15, 0.2) is 25.0 Å². The minimum absolute atomic E-state index is 0.124. The highest BCUT2D eigenvalue weighted by atomic mass is 28.4. The molecule has 0 heterocycles. The summed E-state index contributed by atoms with van der Waals surface area (Å²) in [6.07, 6.45) is 0. The Bertz CT molecular complexity index is 434. The Morgan fingerprint density at radius 1 is 0.920 bits per heavy atom. The Morgan fingerprint density at radius 3 is 1.48 bits per heavy atom. The standard InChI is InChI=1S/C16H38O5Si4/c1-13(2)15(17)18-12-14(22)16(19-23(3,4)5,20-24(6,7)8)21-25(9,10)11/h14H,1,12H2,2-11,22H3. The van der Waals surface area contributed by atoms with Gasteiger partial charge in [-0.2, -0.15) is 0 Å². The molecule has 0 aliphatic heterocycles. The first-order chi connectivity index (χ1) is 10.9. The van der Waals surface area contributed by atoms with Gasteiger partial charge in [-0.1, -0.05) is 6.58 Å². The van der Waals surface area contributed by atoms with Crippen molar-refractivity contribution < 1.29 is 22.8 Å². The molecule has 0 aromatic rings. The summed E-state index contributed by atoms with van der Waals surface area (Å²) >= 11 is 0. The topological polar surface area (TPSA) is 54.0 Å². The fourth-order valence-electron chi connectivity index (χ4n) is 2.07. The molecule has 148 valence electrons. The van der Waals surface area contributed by atoms with Crippen LogP contribution in [0, 0.1) is 0 Å². The van der Waals surface area contributed by atoms with Crippen molar-refractivity contribution in [3.63, 3.8) is 0 Å². The van der Waals surface area contributed by atoms with Crippen molar-refractivity contribution >= 4 is 41.2 Å². The summed E-state index contributed by atoms with van der Waals surface area (Å²) in [6, 6.07) is 0. The van der Waals surface area contributed by atoms with E-state index in [4.69, 9.17) is 18.0 Å². The number of carbonyl (C=O) groups excluding carboxylic acids is 1. The zero-order chi connectivity index (χ0) is 20.3. The number of hydrogen-bond donors (Lipinski definition) is 0. The van der Waals surface area contributed by atoms with Gasteiger partial charge < -0.3 is 18.0 Å². The minimum Gasteiger partial charge on any atom is -0.462 e. The van der Waals surface area contributed by atoms with Gasteiger partial charge >= 0.3 is 5.97 Å². The molecule has 0 spiro atoms. The average molecular weight is 423 g/mol. The van der Waals surface area contributed by atoms with Crippen LogP contribution >= 0.6 is 0 Å². The molecule has 0 fully saturated rings. The van der Waals surface area contributed by atoms with E-state index in [0.29, 0.717) is 15.8 Å². The first kappa shape index (κ1) is 25.0. The average Bonchev–Trinajstić information content (AvgIpc) is 2.28. The van der Waals surface area contributed by atoms with Gasteiger partial charge in [-0.05, 0) is 65.8 Å². The molecule has 0 amide bonds. The number of hydrogen-bond acceptors (Lipinski definition) is 5. The van der Waals surface area contributed by atoms with Crippen molar-refractivity contribution in [3.8, 4) is 0 Å². The van der Waals surface area contributed by atoms with Crippen LogP contribution in [0.3, 0.4) is 0 Å². The Kier molecular flexibility index (Phi) is 8.75. The summed E-state index contributed by atoms with van der Waals surface area (Å²) in [5.41, 5.74) is 0.267. The van der Waals surface area contributed by atoms with E-state index in [-0.39, 0.29) is 18.1 Å². The highest BCUT2D eigenvalue weighted by Gasteiger charge is 2.49. The van der Waals surface area contributed by atoms with Crippen molar-refractivity contribution in [1.29, 1.82) is 0 Å². The molecule has 1 atom stereocenters. The summed E-state index contributed by atoms with van der Waals surface area (Å²) in [7, 11) is -5.21. The molecule has 5 nitrogen and oxygen atoms in total. The Morgan fingerprint density at radius 2 is 1.24 bits per heavy atom. The minimum atomic E-state index is -1.97. The van der Waals surface area contributed by atoms with Crippen molar-refractivity contribution in [2.24, 2.45) is 0 Å². The second-order valence-electron chi connectivity index (χ2n) is 9.53. The number of ether oxygens (including phenoxy) is 1. The van der Waals surface area contributed by atoms with Gasteiger partial charge in [0, 0.05) is 15.8 Å². The second kappa shape index (κ2) is 8.76. The predicted molar refractivity (Wildman–Crippen MR) is 115 cm³/mol. The Hall–Kier alpha value is -0.0425. The summed E-state index contributed by atoms with van der Waals surface area (Å²) in [5, 5.41) is 0. The normalized spacial score (nSPS) is 15.1. The third-order valence-corrected chi connectivity index (χ3v) is 6.49. The lowest BCUT2D eigenvalue weighted by molar-refractivity contribution is -0.276. The summed E-state index contributed by atoms with van der Waals surface area (Å²) in [4.78, 5) is 11.8. The van der Waals surface area contributed by atoms with E-state index in [1.165, 1.54) is 0 Å². The number of rotatable bonds is 10. The van der Waals surface area contributed by atoms with Crippen LogP contribution in [0.25, 0.3) is 0 Å². The summed E-state index contributed by atoms with van der Waals surface area (Å²) in [6.45, 7) is 24.6. The Labute approximate surface area is 160 Å². The smallest absolute Gasteiger partial charge is 0.333 e. The van der Waals surface area contributed by atoms with E-state index in [9.17, 15) is 4.79 Å². The van der Waals surface area contributed by atoms with E-state index < -0.39 is 30.9 Å². The van der Waals surface area contributed by atoms with Crippen molar-refractivity contribution in [3.05, 3.63) is 12.2 Å². The van der Waals surface area contributed by atoms with E-state index in [1.807, 2.05) is 0 Å². The lowest BCUT2D eigenvalue weighted by atomic mass is 10.3.